The van der Waals surface area contributed by atoms with Gasteiger partial charge in [0.25, 0.3) is 5.69 Å². The normalized spacial score (nSPS) is 30.9. The van der Waals surface area contributed by atoms with Crippen LogP contribution in [-0.4, -0.2) is 30.2 Å². The molecule has 0 aromatic heterocycles. The van der Waals surface area contributed by atoms with Crippen molar-refractivity contribution in [3.05, 3.63) is 39.9 Å². The maximum Gasteiger partial charge on any atom is 0.311 e. The van der Waals surface area contributed by atoms with Gasteiger partial charge in [-0.25, -0.2) is 0 Å². The summed E-state index contributed by atoms with van der Waals surface area (Å²) in [6, 6.07) is 6.45. The lowest BCUT2D eigenvalue weighted by Gasteiger charge is -2.35. The molecule has 0 saturated carbocycles. The Balaban J connectivity index is 1.90. The Bertz CT molecular complexity index is 556. The molecule has 0 amide bonds. The van der Waals surface area contributed by atoms with Gasteiger partial charge in [-0.2, -0.15) is 0 Å². The van der Waals surface area contributed by atoms with Crippen molar-refractivity contribution in [3.8, 4) is 0 Å². The molecule has 1 unspecified atom stereocenters. The second kappa shape index (κ2) is 5.44. The molecular formula is C15H17NO5. The molecule has 2 fully saturated rings. The number of nitrogens with zero attached hydrogens (tertiary/aromatic N) is 1. The van der Waals surface area contributed by atoms with Crippen molar-refractivity contribution in [2.24, 2.45) is 5.92 Å². The molecule has 0 N–H and O–H groups in total. The molecule has 2 saturated heterocycles. The number of nitro groups is 1. The number of fused-ring (bicyclic) bond motifs is 2. The molecule has 3 rings (SSSR count). The Morgan fingerprint density at radius 1 is 1.33 bits per heavy atom. The van der Waals surface area contributed by atoms with Crippen LogP contribution in [0.2, 0.25) is 0 Å². The molecule has 0 spiro atoms. The predicted molar refractivity (Wildman–Crippen MR) is 73.9 cm³/mol. The second-order valence-electron chi connectivity index (χ2n) is 5.61. The van der Waals surface area contributed by atoms with Crippen LogP contribution >= 0.6 is 0 Å². The Kier molecular flexibility index (Phi) is 3.63. The number of esters is 1. The molecule has 21 heavy (non-hydrogen) atoms. The van der Waals surface area contributed by atoms with Gasteiger partial charge in [-0.05, 0) is 24.8 Å². The minimum Gasteiger partial charge on any atom is -0.469 e. The summed E-state index contributed by atoms with van der Waals surface area (Å²) in [5.41, 5.74) is 1.000. The van der Waals surface area contributed by atoms with Crippen LogP contribution in [0.4, 0.5) is 5.69 Å². The summed E-state index contributed by atoms with van der Waals surface area (Å²) in [5, 5.41) is 10.7. The highest BCUT2D eigenvalue weighted by Gasteiger charge is 2.47. The summed E-state index contributed by atoms with van der Waals surface area (Å²) in [6.07, 6.45) is 2.66. The van der Waals surface area contributed by atoms with E-state index in [-0.39, 0.29) is 35.7 Å². The second-order valence-corrected chi connectivity index (χ2v) is 5.61. The molecule has 6 heteroatoms. The van der Waals surface area contributed by atoms with Gasteiger partial charge in [0.05, 0.1) is 30.2 Å². The van der Waals surface area contributed by atoms with E-state index in [0.29, 0.717) is 0 Å². The minimum atomic E-state index is -0.421. The lowest BCUT2D eigenvalue weighted by atomic mass is 9.79. The molecule has 112 valence electrons. The zero-order chi connectivity index (χ0) is 15.0. The largest absolute Gasteiger partial charge is 0.469 e. The number of carbonyl (C=O) groups excluding carboxylic acids is 1. The molecule has 6 nitrogen and oxygen atoms in total. The summed E-state index contributed by atoms with van der Waals surface area (Å²) in [7, 11) is 1.39. The van der Waals surface area contributed by atoms with Crippen LogP contribution < -0.4 is 0 Å². The first-order chi connectivity index (χ1) is 10.1. The smallest absolute Gasteiger partial charge is 0.311 e. The number of ether oxygens (including phenoxy) is 2. The number of methoxy groups -OCH3 is 1. The van der Waals surface area contributed by atoms with Crippen LogP contribution in [0, 0.1) is 16.0 Å². The summed E-state index contributed by atoms with van der Waals surface area (Å²) >= 11 is 0. The Hall–Kier alpha value is -1.95. The average molecular weight is 291 g/mol. The number of non-ortho nitro benzene ring substituents is 1. The van der Waals surface area contributed by atoms with E-state index in [2.05, 4.69) is 0 Å². The van der Waals surface area contributed by atoms with E-state index in [0.717, 1.165) is 24.8 Å². The molecule has 1 aromatic rings. The van der Waals surface area contributed by atoms with Gasteiger partial charge in [0, 0.05) is 18.1 Å². The molecule has 1 aromatic carbocycles. The zero-order valence-corrected chi connectivity index (χ0v) is 11.7. The van der Waals surface area contributed by atoms with Crippen LogP contribution in [0.5, 0.6) is 0 Å². The first-order valence-electron chi connectivity index (χ1n) is 7.08. The molecular weight excluding hydrogens is 274 g/mol. The molecule has 2 aliphatic heterocycles. The Morgan fingerprint density at radius 2 is 2.05 bits per heavy atom. The highest BCUT2D eigenvalue weighted by atomic mass is 16.6. The standard InChI is InChI=1S/C15H17NO5/c1-20-15(17)14-12(8-11-6-7-13(14)21-11)9-2-4-10(5-3-9)16(18)19/h2-5,11-14H,6-8H2,1H3/t11?,12-,13+,14+/m1/s1. The number of hydrogen-bond acceptors (Lipinski definition) is 5. The third-order valence-corrected chi connectivity index (χ3v) is 4.50. The minimum absolute atomic E-state index is 0.00417. The maximum absolute atomic E-state index is 12.1. The maximum atomic E-state index is 12.1. The van der Waals surface area contributed by atoms with E-state index in [4.69, 9.17) is 9.47 Å². The van der Waals surface area contributed by atoms with Crippen LogP contribution in [0.3, 0.4) is 0 Å². The van der Waals surface area contributed by atoms with Crippen LogP contribution in [0.1, 0.15) is 30.7 Å². The fourth-order valence-corrected chi connectivity index (χ4v) is 3.50. The molecule has 0 aliphatic carbocycles. The van der Waals surface area contributed by atoms with Gasteiger partial charge in [-0.1, -0.05) is 12.1 Å². The fourth-order valence-electron chi connectivity index (χ4n) is 3.50. The predicted octanol–water partition coefficient (Wildman–Crippen LogP) is 2.42. The molecule has 4 atom stereocenters. The number of rotatable bonds is 3. The van der Waals surface area contributed by atoms with Gasteiger partial charge < -0.3 is 9.47 Å². The number of hydrogen-bond donors (Lipinski definition) is 0. The lowest BCUT2D eigenvalue weighted by molar-refractivity contribution is -0.384. The van der Waals surface area contributed by atoms with Crippen molar-refractivity contribution in [3.63, 3.8) is 0 Å². The quantitative estimate of drug-likeness (QED) is 0.485. The van der Waals surface area contributed by atoms with Gasteiger partial charge >= 0.3 is 5.97 Å². The monoisotopic (exact) mass is 291 g/mol. The van der Waals surface area contributed by atoms with E-state index in [9.17, 15) is 14.9 Å². The summed E-state index contributed by atoms with van der Waals surface area (Å²) in [6.45, 7) is 0. The van der Waals surface area contributed by atoms with E-state index in [1.54, 1.807) is 12.1 Å². The highest BCUT2D eigenvalue weighted by molar-refractivity contribution is 5.74. The van der Waals surface area contributed by atoms with Crippen molar-refractivity contribution in [2.45, 2.75) is 37.4 Å². The van der Waals surface area contributed by atoms with Crippen LogP contribution in [0.25, 0.3) is 0 Å². The summed E-state index contributed by atoms with van der Waals surface area (Å²) in [4.78, 5) is 22.4. The van der Waals surface area contributed by atoms with Gasteiger partial charge in [-0.15, -0.1) is 0 Å². The van der Waals surface area contributed by atoms with Crippen LogP contribution in [0.15, 0.2) is 24.3 Å². The van der Waals surface area contributed by atoms with Gasteiger partial charge in [0.15, 0.2) is 0 Å². The molecule has 0 radical (unpaired) electrons. The number of nitro benzene ring substituents is 1. The van der Waals surface area contributed by atoms with Crippen molar-refractivity contribution < 1.29 is 19.2 Å². The first-order valence-corrected chi connectivity index (χ1v) is 7.08. The Labute approximate surface area is 122 Å². The van der Waals surface area contributed by atoms with E-state index in [1.165, 1.54) is 19.2 Å². The fraction of sp³-hybridized carbons (Fsp3) is 0.533. The van der Waals surface area contributed by atoms with Gasteiger partial charge in [0.2, 0.25) is 0 Å². The third-order valence-electron chi connectivity index (χ3n) is 4.50. The lowest BCUT2D eigenvalue weighted by Crippen LogP contribution is -2.39. The molecule has 2 bridgehead atoms. The SMILES string of the molecule is COC(=O)[C@@H]1[C@@H]2CCC(C[C@@H]1c1ccc([N+](=O)[O-])cc1)O2. The van der Waals surface area contributed by atoms with E-state index < -0.39 is 4.92 Å². The zero-order valence-electron chi connectivity index (χ0n) is 11.7. The molecule has 2 heterocycles. The van der Waals surface area contributed by atoms with Crippen molar-refractivity contribution in [2.75, 3.05) is 7.11 Å². The van der Waals surface area contributed by atoms with Crippen LogP contribution in [-0.2, 0) is 14.3 Å². The summed E-state index contributed by atoms with van der Waals surface area (Å²) < 4.78 is 10.8. The Morgan fingerprint density at radius 3 is 2.67 bits per heavy atom. The van der Waals surface area contributed by atoms with E-state index >= 15 is 0 Å². The molecule has 2 aliphatic rings. The average Bonchev–Trinajstić information content (AvgIpc) is 2.88. The van der Waals surface area contributed by atoms with Crippen molar-refractivity contribution in [1.82, 2.24) is 0 Å². The van der Waals surface area contributed by atoms with Gasteiger partial charge in [-0.3, -0.25) is 14.9 Å². The van der Waals surface area contributed by atoms with E-state index in [1.807, 2.05) is 0 Å². The highest BCUT2D eigenvalue weighted by Crippen LogP contribution is 2.45. The van der Waals surface area contributed by atoms with Crippen molar-refractivity contribution in [1.29, 1.82) is 0 Å². The number of carbonyl (C=O) groups is 1. The third kappa shape index (κ3) is 2.51. The summed E-state index contributed by atoms with van der Waals surface area (Å²) in [5.74, 6) is -0.580. The van der Waals surface area contributed by atoms with Gasteiger partial charge in [0.1, 0.15) is 0 Å². The topological polar surface area (TPSA) is 78.7 Å². The number of benzene rings is 1. The first kappa shape index (κ1) is 14.0. The van der Waals surface area contributed by atoms with Crippen molar-refractivity contribution >= 4 is 11.7 Å².